The number of anilines is 1. The number of nitrogens with one attached hydrogen (secondary N) is 1. The second-order valence-corrected chi connectivity index (χ2v) is 6.34. The van der Waals surface area contributed by atoms with E-state index in [0.717, 1.165) is 34.2 Å². The Morgan fingerprint density at radius 1 is 1.09 bits per heavy atom. The van der Waals surface area contributed by atoms with Gasteiger partial charge in [-0.2, -0.15) is 0 Å². The number of benzene rings is 1. The molecule has 0 saturated carbocycles. The molecule has 3 aromatic rings. The summed E-state index contributed by atoms with van der Waals surface area (Å²) in [7, 11) is 2.05. The standard InChI is InChI=1S/C18H23N5/c1-11(2)18-20-13(4)9-16(22-18)19-10-17-21-14-8-12(3)6-7-15(14)23(17)5/h6-9,11H,10H2,1-5H3,(H,19,20,22). The van der Waals surface area contributed by atoms with Crippen molar-refractivity contribution in [2.24, 2.45) is 7.05 Å². The summed E-state index contributed by atoms with van der Waals surface area (Å²) in [5, 5.41) is 3.38. The molecule has 5 heteroatoms. The fraction of sp³-hybridized carbons (Fsp3) is 0.389. The van der Waals surface area contributed by atoms with Crippen molar-refractivity contribution in [1.82, 2.24) is 19.5 Å². The number of hydrogen-bond acceptors (Lipinski definition) is 4. The summed E-state index contributed by atoms with van der Waals surface area (Å²) < 4.78 is 2.12. The third kappa shape index (κ3) is 3.18. The molecule has 1 aromatic carbocycles. The number of imidazole rings is 1. The molecule has 0 spiro atoms. The minimum absolute atomic E-state index is 0.314. The van der Waals surface area contributed by atoms with Gasteiger partial charge in [-0.3, -0.25) is 0 Å². The Labute approximate surface area is 136 Å². The van der Waals surface area contributed by atoms with Gasteiger partial charge in [0.05, 0.1) is 17.6 Å². The van der Waals surface area contributed by atoms with Gasteiger partial charge in [-0.05, 0) is 31.5 Å². The molecule has 120 valence electrons. The Hall–Kier alpha value is -2.43. The fourth-order valence-electron chi connectivity index (χ4n) is 2.63. The predicted molar refractivity (Wildman–Crippen MR) is 93.6 cm³/mol. The van der Waals surface area contributed by atoms with Gasteiger partial charge >= 0.3 is 0 Å². The number of aryl methyl sites for hydroxylation is 3. The number of aromatic nitrogens is 4. The molecule has 1 N–H and O–H groups in total. The van der Waals surface area contributed by atoms with Crippen LogP contribution in [0.2, 0.25) is 0 Å². The van der Waals surface area contributed by atoms with Crippen molar-refractivity contribution < 1.29 is 0 Å². The Morgan fingerprint density at radius 3 is 2.61 bits per heavy atom. The molecule has 23 heavy (non-hydrogen) atoms. The Balaban J connectivity index is 1.85. The Kier molecular flexibility index (Phi) is 4.03. The summed E-state index contributed by atoms with van der Waals surface area (Å²) in [6.45, 7) is 8.93. The monoisotopic (exact) mass is 309 g/mol. The highest BCUT2D eigenvalue weighted by atomic mass is 15.1. The molecule has 0 unspecified atom stereocenters. The van der Waals surface area contributed by atoms with Crippen LogP contribution in [-0.2, 0) is 13.6 Å². The highest BCUT2D eigenvalue weighted by Crippen LogP contribution is 2.18. The first-order valence-electron chi connectivity index (χ1n) is 7.95. The molecule has 3 rings (SSSR count). The molecule has 0 amide bonds. The van der Waals surface area contributed by atoms with Gasteiger partial charge in [0.1, 0.15) is 17.5 Å². The van der Waals surface area contributed by atoms with Crippen LogP contribution in [0.5, 0.6) is 0 Å². The summed E-state index contributed by atoms with van der Waals surface area (Å²) in [4.78, 5) is 13.8. The largest absolute Gasteiger partial charge is 0.363 e. The zero-order chi connectivity index (χ0) is 16.6. The first-order chi connectivity index (χ1) is 10.9. The van der Waals surface area contributed by atoms with Crippen molar-refractivity contribution in [3.8, 4) is 0 Å². The van der Waals surface area contributed by atoms with Gasteiger partial charge in [0.25, 0.3) is 0 Å². The lowest BCUT2D eigenvalue weighted by Gasteiger charge is -2.10. The number of nitrogens with zero attached hydrogens (tertiary/aromatic N) is 4. The summed E-state index contributed by atoms with van der Waals surface area (Å²) in [5.74, 6) is 3.03. The van der Waals surface area contributed by atoms with Crippen LogP contribution in [0.3, 0.4) is 0 Å². The SMILES string of the molecule is Cc1ccc2c(c1)nc(CNc1cc(C)nc(C(C)C)n1)n2C. The molecule has 5 nitrogen and oxygen atoms in total. The number of fused-ring (bicyclic) bond motifs is 1. The zero-order valence-corrected chi connectivity index (χ0v) is 14.4. The van der Waals surface area contributed by atoms with Crippen LogP contribution in [0.15, 0.2) is 24.3 Å². The maximum atomic E-state index is 4.73. The highest BCUT2D eigenvalue weighted by molar-refractivity contribution is 5.76. The topological polar surface area (TPSA) is 55.6 Å². The predicted octanol–water partition coefficient (Wildman–Crippen LogP) is 3.72. The lowest BCUT2D eigenvalue weighted by molar-refractivity contribution is 0.763. The lowest BCUT2D eigenvalue weighted by atomic mass is 10.2. The summed E-state index contributed by atoms with van der Waals surface area (Å²) in [6.07, 6.45) is 0. The van der Waals surface area contributed by atoms with Gasteiger partial charge in [-0.25, -0.2) is 15.0 Å². The van der Waals surface area contributed by atoms with Crippen LogP contribution in [-0.4, -0.2) is 19.5 Å². The average Bonchev–Trinajstić information content (AvgIpc) is 2.80. The van der Waals surface area contributed by atoms with Crippen LogP contribution >= 0.6 is 0 Å². The van der Waals surface area contributed by atoms with E-state index in [-0.39, 0.29) is 0 Å². The van der Waals surface area contributed by atoms with E-state index in [4.69, 9.17) is 4.98 Å². The smallest absolute Gasteiger partial charge is 0.133 e. The zero-order valence-electron chi connectivity index (χ0n) is 14.4. The minimum Gasteiger partial charge on any atom is -0.363 e. The van der Waals surface area contributed by atoms with Gasteiger partial charge in [0.15, 0.2) is 0 Å². The highest BCUT2D eigenvalue weighted by Gasteiger charge is 2.09. The third-order valence-electron chi connectivity index (χ3n) is 3.94. The van der Waals surface area contributed by atoms with Crippen molar-refractivity contribution in [3.63, 3.8) is 0 Å². The summed E-state index contributed by atoms with van der Waals surface area (Å²) in [6, 6.07) is 8.32. The maximum Gasteiger partial charge on any atom is 0.133 e. The normalized spacial score (nSPS) is 11.4. The fourth-order valence-corrected chi connectivity index (χ4v) is 2.63. The molecular weight excluding hydrogens is 286 g/mol. The molecule has 2 aromatic heterocycles. The van der Waals surface area contributed by atoms with Gasteiger partial charge in [-0.15, -0.1) is 0 Å². The summed E-state index contributed by atoms with van der Waals surface area (Å²) in [5.41, 5.74) is 4.38. The second-order valence-electron chi connectivity index (χ2n) is 6.34. The van der Waals surface area contributed by atoms with Crippen LogP contribution in [0.1, 0.15) is 42.7 Å². The van der Waals surface area contributed by atoms with Crippen molar-refractivity contribution >= 4 is 16.9 Å². The Morgan fingerprint density at radius 2 is 1.87 bits per heavy atom. The van der Waals surface area contributed by atoms with Gasteiger partial charge in [-0.1, -0.05) is 19.9 Å². The van der Waals surface area contributed by atoms with Crippen molar-refractivity contribution in [3.05, 3.63) is 47.2 Å². The number of hydrogen-bond donors (Lipinski definition) is 1. The molecule has 0 aliphatic heterocycles. The quantitative estimate of drug-likeness (QED) is 0.798. The molecule has 0 saturated heterocycles. The number of rotatable bonds is 4. The van der Waals surface area contributed by atoms with Crippen LogP contribution < -0.4 is 5.32 Å². The molecule has 2 heterocycles. The van der Waals surface area contributed by atoms with Crippen molar-refractivity contribution in [2.45, 2.75) is 40.2 Å². The van der Waals surface area contributed by atoms with Crippen molar-refractivity contribution in [1.29, 1.82) is 0 Å². The van der Waals surface area contributed by atoms with Crippen molar-refractivity contribution in [2.75, 3.05) is 5.32 Å². The molecule has 0 fully saturated rings. The van der Waals surface area contributed by atoms with E-state index in [9.17, 15) is 0 Å². The Bertz CT molecular complexity index is 848. The average molecular weight is 309 g/mol. The first kappa shape index (κ1) is 15.5. The molecule has 0 aliphatic rings. The van der Waals surface area contributed by atoms with Crippen LogP contribution in [0.4, 0.5) is 5.82 Å². The molecule has 0 radical (unpaired) electrons. The lowest BCUT2D eigenvalue weighted by Crippen LogP contribution is -2.09. The van der Waals surface area contributed by atoms with Gasteiger partial charge in [0, 0.05) is 24.7 Å². The van der Waals surface area contributed by atoms with E-state index in [1.54, 1.807) is 0 Å². The van der Waals surface area contributed by atoms with E-state index in [1.165, 1.54) is 5.56 Å². The van der Waals surface area contributed by atoms with Gasteiger partial charge < -0.3 is 9.88 Å². The van der Waals surface area contributed by atoms with E-state index in [1.807, 2.05) is 20.0 Å². The van der Waals surface area contributed by atoms with E-state index in [2.05, 4.69) is 58.8 Å². The molecule has 0 aliphatic carbocycles. The van der Waals surface area contributed by atoms with Crippen LogP contribution in [0.25, 0.3) is 11.0 Å². The van der Waals surface area contributed by atoms with E-state index < -0.39 is 0 Å². The molecule has 0 bridgehead atoms. The molecular formula is C18H23N5. The van der Waals surface area contributed by atoms with Gasteiger partial charge in [0.2, 0.25) is 0 Å². The van der Waals surface area contributed by atoms with E-state index in [0.29, 0.717) is 12.5 Å². The molecule has 0 atom stereocenters. The minimum atomic E-state index is 0.314. The first-order valence-corrected chi connectivity index (χ1v) is 7.95. The second kappa shape index (κ2) is 5.99. The summed E-state index contributed by atoms with van der Waals surface area (Å²) >= 11 is 0. The van der Waals surface area contributed by atoms with E-state index >= 15 is 0 Å². The van der Waals surface area contributed by atoms with Crippen LogP contribution in [0, 0.1) is 13.8 Å². The maximum absolute atomic E-state index is 4.73. The third-order valence-corrected chi connectivity index (χ3v) is 3.94.